The van der Waals surface area contributed by atoms with E-state index in [1.807, 2.05) is 6.92 Å². The molecule has 1 fully saturated rings. The molecule has 0 N–H and O–H groups in total. The molecule has 3 atom stereocenters. The van der Waals surface area contributed by atoms with Crippen molar-refractivity contribution in [3.05, 3.63) is 0 Å². The van der Waals surface area contributed by atoms with E-state index in [0.717, 1.165) is 19.3 Å². The number of nitrogens with zero attached hydrogens (tertiary/aromatic N) is 1. The topological polar surface area (TPSA) is 37.4 Å². The van der Waals surface area contributed by atoms with Crippen LogP contribution >= 0.6 is 0 Å². The lowest BCUT2D eigenvalue weighted by Gasteiger charge is -2.34. The van der Waals surface area contributed by atoms with Crippen LogP contribution in [0, 0.1) is 17.8 Å². The zero-order valence-electron chi connectivity index (χ0n) is 11.6. The number of piperidine rings is 1. The molecular formula is C13H27NO2S. The quantitative estimate of drug-likeness (QED) is 0.763. The molecule has 0 aromatic carbocycles. The number of hydrogen-bond acceptors (Lipinski definition) is 2. The molecule has 0 radical (unpaired) electrons. The largest absolute Gasteiger partial charge is 0.214 e. The Balaban J connectivity index is 2.63. The number of sulfonamides is 1. The summed E-state index contributed by atoms with van der Waals surface area (Å²) in [7, 11) is -3.04. The first kappa shape index (κ1) is 15.0. The molecular weight excluding hydrogens is 234 g/mol. The predicted molar refractivity (Wildman–Crippen MR) is 72.4 cm³/mol. The fourth-order valence-corrected chi connectivity index (χ4v) is 4.93. The van der Waals surface area contributed by atoms with E-state index in [1.54, 1.807) is 4.31 Å². The Morgan fingerprint density at radius 3 is 2.24 bits per heavy atom. The highest BCUT2D eigenvalue weighted by atomic mass is 32.2. The molecule has 3 nitrogen and oxygen atoms in total. The first-order chi connectivity index (χ1) is 7.85. The van der Waals surface area contributed by atoms with Crippen molar-refractivity contribution in [2.75, 3.05) is 18.8 Å². The second-order valence-corrected chi connectivity index (χ2v) is 7.95. The second kappa shape index (κ2) is 6.19. The molecule has 1 saturated heterocycles. The van der Waals surface area contributed by atoms with E-state index in [-0.39, 0.29) is 5.92 Å². The van der Waals surface area contributed by atoms with Crippen molar-refractivity contribution in [3.63, 3.8) is 0 Å². The average molecular weight is 261 g/mol. The summed E-state index contributed by atoms with van der Waals surface area (Å²) in [5.74, 6) is 1.59. The van der Waals surface area contributed by atoms with Crippen LogP contribution in [0.2, 0.25) is 0 Å². The third kappa shape index (κ3) is 4.59. The van der Waals surface area contributed by atoms with Gasteiger partial charge in [-0.25, -0.2) is 12.7 Å². The Labute approximate surface area is 107 Å². The molecule has 0 saturated carbocycles. The normalized spacial score (nSPS) is 29.2. The van der Waals surface area contributed by atoms with Gasteiger partial charge in [-0.05, 0) is 30.6 Å². The van der Waals surface area contributed by atoms with Crippen LogP contribution in [-0.4, -0.2) is 31.6 Å². The Bertz CT molecular complexity index is 316. The van der Waals surface area contributed by atoms with Gasteiger partial charge < -0.3 is 0 Å². The number of hydrogen-bond donors (Lipinski definition) is 0. The van der Waals surface area contributed by atoms with Crippen molar-refractivity contribution in [1.29, 1.82) is 0 Å². The highest BCUT2D eigenvalue weighted by molar-refractivity contribution is 7.89. The van der Waals surface area contributed by atoms with Gasteiger partial charge in [0.15, 0.2) is 0 Å². The molecule has 102 valence electrons. The summed E-state index contributed by atoms with van der Waals surface area (Å²) in [5, 5.41) is 0. The molecule has 0 aromatic heterocycles. The summed E-state index contributed by atoms with van der Waals surface area (Å²) in [6.07, 6.45) is 3.21. The summed E-state index contributed by atoms with van der Waals surface area (Å²) in [4.78, 5) is 0. The maximum absolute atomic E-state index is 12.3. The third-order valence-corrected chi connectivity index (χ3v) is 5.58. The fraction of sp³-hybridized carbons (Fsp3) is 1.00. The average Bonchev–Trinajstić information content (AvgIpc) is 2.15. The molecule has 0 aromatic rings. The van der Waals surface area contributed by atoms with Gasteiger partial charge in [-0.15, -0.1) is 0 Å². The standard InChI is InChI=1S/C13H27NO2S/c1-5-6-11(2)10-17(15,16)14-8-12(3)7-13(4)9-14/h11-13H,5-10H2,1-4H3. The van der Waals surface area contributed by atoms with Crippen molar-refractivity contribution >= 4 is 10.0 Å². The fourth-order valence-electron chi connectivity index (χ4n) is 2.87. The summed E-state index contributed by atoms with van der Waals surface area (Å²) in [6.45, 7) is 9.87. The van der Waals surface area contributed by atoms with Crippen LogP contribution in [0.1, 0.15) is 47.0 Å². The monoisotopic (exact) mass is 261 g/mol. The van der Waals surface area contributed by atoms with E-state index in [2.05, 4.69) is 20.8 Å². The van der Waals surface area contributed by atoms with Gasteiger partial charge in [-0.3, -0.25) is 0 Å². The van der Waals surface area contributed by atoms with E-state index in [9.17, 15) is 8.42 Å². The van der Waals surface area contributed by atoms with E-state index < -0.39 is 10.0 Å². The highest BCUT2D eigenvalue weighted by Crippen LogP contribution is 2.24. The van der Waals surface area contributed by atoms with Crippen molar-refractivity contribution in [1.82, 2.24) is 4.31 Å². The molecule has 0 aliphatic carbocycles. The van der Waals surface area contributed by atoms with Gasteiger partial charge in [-0.1, -0.05) is 34.1 Å². The lowest BCUT2D eigenvalue weighted by Crippen LogP contribution is -2.44. The van der Waals surface area contributed by atoms with Gasteiger partial charge in [0.05, 0.1) is 5.75 Å². The van der Waals surface area contributed by atoms with Gasteiger partial charge in [0.1, 0.15) is 0 Å². The van der Waals surface area contributed by atoms with E-state index in [1.165, 1.54) is 0 Å². The highest BCUT2D eigenvalue weighted by Gasteiger charge is 2.31. The van der Waals surface area contributed by atoms with Crippen molar-refractivity contribution < 1.29 is 8.42 Å². The van der Waals surface area contributed by atoms with E-state index in [0.29, 0.717) is 30.7 Å². The zero-order valence-corrected chi connectivity index (χ0v) is 12.5. The first-order valence-corrected chi connectivity index (χ1v) is 8.43. The SMILES string of the molecule is CCCC(C)CS(=O)(=O)N1CC(C)CC(C)C1. The second-order valence-electron chi connectivity index (χ2n) is 5.94. The smallest absolute Gasteiger partial charge is 0.212 e. The van der Waals surface area contributed by atoms with E-state index >= 15 is 0 Å². The lowest BCUT2D eigenvalue weighted by molar-refractivity contribution is 0.221. The van der Waals surface area contributed by atoms with Gasteiger partial charge >= 0.3 is 0 Å². The maximum atomic E-state index is 12.3. The molecule has 0 spiro atoms. The molecule has 1 rings (SSSR count). The molecule has 1 aliphatic rings. The minimum absolute atomic E-state index is 0.275. The summed E-state index contributed by atoms with van der Waals surface area (Å²) in [5.41, 5.74) is 0. The Morgan fingerprint density at radius 2 is 1.76 bits per heavy atom. The number of rotatable bonds is 5. The summed E-state index contributed by atoms with van der Waals surface area (Å²) in [6, 6.07) is 0. The van der Waals surface area contributed by atoms with Gasteiger partial charge in [0.2, 0.25) is 10.0 Å². The Morgan fingerprint density at radius 1 is 1.24 bits per heavy atom. The zero-order chi connectivity index (χ0) is 13.1. The van der Waals surface area contributed by atoms with Gasteiger partial charge in [-0.2, -0.15) is 0 Å². The van der Waals surface area contributed by atoms with Crippen LogP contribution in [0.4, 0.5) is 0 Å². The maximum Gasteiger partial charge on any atom is 0.214 e. The molecule has 17 heavy (non-hydrogen) atoms. The Hall–Kier alpha value is -0.0900. The molecule has 1 heterocycles. The Kier molecular flexibility index (Phi) is 5.45. The van der Waals surface area contributed by atoms with Crippen LogP contribution in [0.25, 0.3) is 0 Å². The molecule has 0 amide bonds. The molecule has 3 unspecified atom stereocenters. The van der Waals surface area contributed by atoms with Gasteiger partial charge in [0, 0.05) is 13.1 Å². The summed E-state index contributed by atoms with van der Waals surface area (Å²) < 4.78 is 26.3. The van der Waals surface area contributed by atoms with Crippen LogP contribution < -0.4 is 0 Å². The molecule has 1 aliphatic heterocycles. The van der Waals surface area contributed by atoms with Crippen LogP contribution in [-0.2, 0) is 10.0 Å². The van der Waals surface area contributed by atoms with Crippen LogP contribution in [0.3, 0.4) is 0 Å². The predicted octanol–water partition coefficient (Wildman–Crippen LogP) is 2.73. The van der Waals surface area contributed by atoms with Crippen molar-refractivity contribution in [3.8, 4) is 0 Å². The van der Waals surface area contributed by atoms with Crippen LogP contribution in [0.15, 0.2) is 0 Å². The summed E-state index contributed by atoms with van der Waals surface area (Å²) >= 11 is 0. The van der Waals surface area contributed by atoms with E-state index in [4.69, 9.17) is 0 Å². The molecule has 4 heteroatoms. The van der Waals surface area contributed by atoms with Crippen molar-refractivity contribution in [2.24, 2.45) is 17.8 Å². The first-order valence-electron chi connectivity index (χ1n) is 6.83. The minimum Gasteiger partial charge on any atom is -0.212 e. The van der Waals surface area contributed by atoms with Crippen molar-refractivity contribution in [2.45, 2.75) is 47.0 Å². The van der Waals surface area contributed by atoms with Crippen LogP contribution in [0.5, 0.6) is 0 Å². The van der Waals surface area contributed by atoms with Gasteiger partial charge in [0.25, 0.3) is 0 Å². The third-order valence-electron chi connectivity index (χ3n) is 3.51. The molecule has 0 bridgehead atoms. The lowest BCUT2D eigenvalue weighted by atomic mass is 9.94. The minimum atomic E-state index is -3.04.